The summed E-state index contributed by atoms with van der Waals surface area (Å²) in [5, 5.41) is 3.09. The van der Waals surface area contributed by atoms with Gasteiger partial charge in [-0.1, -0.05) is 0 Å². The van der Waals surface area contributed by atoms with E-state index in [0.29, 0.717) is 6.04 Å². The van der Waals surface area contributed by atoms with Crippen molar-refractivity contribution in [3.63, 3.8) is 0 Å². The van der Waals surface area contributed by atoms with Gasteiger partial charge in [0.05, 0.1) is 18.7 Å². The Morgan fingerprint density at radius 3 is 2.93 bits per heavy atom. The number of ether oxygens (including phenoxy) is 1. The Kier molecular flexibility index (Phi) is 3.59. The monoisotopic (exact) mass is 212 g/mol. The Balaban J connectivity index is 1.97. The first-order valence-electron chi connectivity index (χ1n) is 5.88. The van der Waals surface area contributed by atoms with Crippen molar-refractivity contribution in [2.45, 2.75) is 37.8 Å². The summed E-state index contributed by atoms with van der Waals surface area (Å²) in [6.45, 7) is 2.49. The molecule has 4 nitrogen and oxygen atoms in total. The van der Waals surface area contributed by atoms with E-state index >= 15 is 0 Å². The highest BCUT2D eigenvalue weighted by molar-refractivity contribution is 5.82. The number of rotatable bonds is 2. The Bertz CT molecular complexity index is 227. The molecule has 2 fully saturated rings. The van der Waals surface area contributed by atoms with E-state index in [0.717, 1.165) is 45.4 Å². The Labute approximate surface area is 91.0 Å². The van der Waals surface area contributed by atoms with Crippen molar-refractivity contribution >= 4 is 5.91 Å². The van der Waals surface area contributed by atoms with Crippen LogP contribution >= 0.6 is 0 Å². The van der Waals surface area contributed by atoms with Crippen LogP contribution in [0.3, 0.4) is 0 Å². The van der Waals surface area contributed by atoms with Crippen molar-refractivity contribution in [2.75, 3.05) is 26.8 Å². The van der Waals surface area contributed by atoms with Gasteiger partial charge in [0, 0.05) is 13.2 Å². The van der Waals surface area contributed by atoms with Crippen LogP contribution in [0.2, 0.25) is 0 Å². The number of hydrogen-bond donors (Lipinski definition) is 1. The lowest BCUT2D eigenvalue weighted by Crippen LogP contribution is -2.55. The van der Waals surface area contributed by atoms with E-state index in [4.69, 9.17) is 4.74 Å². The molecule has 1 N–H and O–H groups in total. The minimum absolute atomic E-state index is 0.0284. The number of carbonyl (C=O) groups is 1. The summed E-state index contributed by atoms with van der Waals surface area (Å²) in [5.74, 6) is 0.263. The molecule has 2 rings (SSSR count). The molecule has 0 aromatic heterocycles. The summed E-state index contributed by atoms with van der Waals surface area (Å²) in [4.78, 5) is 14.1. The van der Waals surface area contributed by atoms with Gasteiger partial charge in [-0.15, -0.1) is 0 Å². The molecular weight excluding hydrogens is 192 g/mol. The zero-order chi connectivity index (χ0) is 10.7. The molecular formula is C11H20N2O2. The van der Waals surface area contributed by atoms with Crippen LogP contribution in [-0.2, 0) is 9.53 Å². The molecule has 4 heteroatoms. The van der Waals surface area contributed by atoms with E-state index in [-0.39, 0.29) is 11.9 Å². The number of carbonyl (C=O) groups excluding carboxylic acids is 1. The van der Waals surface area contributed by atoms with Crippen molar-refractivity contribution in [1.29, 1.82) is 0 Å². The van der Waals surface area contributed by atoms with Gasteiger partial charge in [0.1, 0.15) is 0 Å². The van der Waals surface area contributed by atoms with Gasteiger partial charge in [-0.2, -0.15) is 0 Å². The molecule has 0 aliphatic carbocycles. The van der Waals surface area contributed by atoms with Crippen molar-refractivity contribution in [2.24, 2.45) is 0 Å². The van der Waals surface area contributed by atoms with Crippen LogP contribution < -0.4 is 5.32 Å². The predicted octanol–water partition coefficient (Wildman–Crippen LogP) is 0.376. The molecule has 0 radical (unpaired) electrons. The molecule has 15 heavy (non-hydrogen) atoms. The van der Waals surface area contributed by atoms with Crippen molar-refractivity contribution in [3.05, 3.63) is 0 Å². The molecule has 0 aromatic rings. The number of piperidine rings is 1. The normalized spacial score (nSPS) is 33.1. The molecule has 2 heterocycles. The fourth-order valence-corrected chi connectivity index (χ4v) is 2.50. The van der Waals surface area contributed by atoms with E-state index in [1.165, 1.54) is 0 Å². The Morgan fingerprint density at radius 2 is 2.27 bits per heavy atom. The van der Waals surface area contributed by atoms with E-state index in [1.54, 1.807) is 0 Å². The lowest BCUT2D eigenvalue weighted by molar-refractivity contribution is -0.141. The standard InChI is InChI=1S/C11H20N2O2/c1-12-10-5-2-6-13(11(10)14)9-4-3-7-15-8-9/h9-10,12H,2-8H2,1H3. The summed E-state index contributed by atoms with van der Waals surface area (Å²) in [5.41, 5.74) is 0. The smallest absolute Gasteiger partial charge is 0.240 e. The Morgan fingerprint density at radius 1 is 1.40 bits per heavy atom. The maximum Gasteiger partial charge on any atom is 0.240 e. The van der Waals surface area contributed by atoms with Crippen LogP contribution in [0.1, 0.15) is 25.7 Å². The van der Waals surface area contributed by atoms with Crippen molar-refractivity contribution < 1.29 is 9.53 Å². The molecule has 2 aliphatic rings. The predicted molar refractivity (Wildman–Crippen MR) is 57.6 cm³/mol. The second kappa shape index (κ2) is 4.94. The van der Waals surface area contributed by atoms with Crippen LogP contribution in [-0.4, -0.2) is 49.7 Å². The first-order valence-corrected chi connectivity index (χ1v) is 5.88. The van der Waals surface area contributed by atoms with Gasteiger partial charge in [0.25, 0.3) is 0 Å². The summed E-state index contributed by atoms with van der Waals surface area (Å²) in [7, 11) is 1.86. The van der Waals surface area contributed by atoms with Crippen LogP contribution in [0.15, 0.2) is 0 Å². The van der Waals surface area contributed by atoms with Gasteiger partial charge in [-0.3, -0.25) is 4.79 Å². The zero-order valence-electron chi connectivity index (χ0n) is 9.37. The van der Waals surface area contributed by atoms with Gasteiger partial charge in [0.2, 0.25) is 5.91 Å². The quantitative estimate of drug-likeness (QED) is 0.719. The van der Waals surface area contributed by atoms with Gasteiger partial charge in [-0.05, 0) is 32.7 Å². The molecule has 2 atom stereocenters. The average Bonchev–Trinajstić information content (AvgIpc) is 2.30. The third kappa shape index (κ3) is 2.32. The fourth-order valence-electron chi connectivity index (χ4n) is 2.50. The first kappa shape index (κ1) is 10.9. The molecule has 86 valence electrons. The minimum Gasteiger partial charge on any atom is -0.379 e. The highest BCUT2D eigenvalue weighted by Gasteiger charge is 2.32. The van der Waals surface area contributed by atoms with Crippen LogP contribution in [0, 0.1) is 0 Å². The summed E-state index contributed by atoms with van der Waals surface area (Å²) < 4.78 is 5.44. The highest BCUT2D eigenvalue weighted by Crippen LogP contribution is 2.19. The Hall–Kier alpha value is -0.610. The van der Waals surface area contributed by atoms with Crippen molar-refractivity contribution in [3.8, 4) is 0 Å². The van der Waals surface area contributed by atoms with E-state index in [9.17, 15) is 4.79 Å². The number of likely N-dealkylation sites (tertiary alicyclic amines) is 1. The topological polar surface area (TPSA) is 41.6 Å². The number of nitrogens with zero attached hydrogens (tertiary/aromatic N) is 1. The molecule has 0 aromatic carbocycles. The van der Waals surface area contributed by atoms with Gasteiger partial charge in [-0.25, -0.2) is 0 Å². The number of nitrogens with one attached hydrogen (secondary N) is 1. The van der Waals surface area contributed by atoms with Gasteiger partial charge >= 0.3 is 0 Å². The number of amides is 1. The van der Waals surface area contributed by atoms with E-state index in [2.05, 4.69) is 5.32 Å². The van der Waals surface area contributed by atoms with E-state index in [1.807, 2.05) is 11.9 Å². The molecule has 0 bridgehead atoms. The third-order valence-corrected chi connectivity index (χ3v) is 3.40. The maximum atomic E-state index is 12.1. The maximum absolute atomic E-state index is 12.1. The highest BCUT2D eigenvalue weighted by atomic mass is 16.5. The van der Waals surface area contributed by atoms with Crippen molar-refractivity contribution in [1.82, 2.24) is 10.2 Å². The average molecular weight is 212 g/mol. The molecule has 2 unspecified atom stereocenters. The number of hydrogen-bond acceptors (Lipinski definition) is 3. The largest absolute Gasteiger partial charge is 0.379 e. The van der Waals surface area contributed by atoms with Crippen LogP contribution in [0.4, 0.5) is 0 Å². The molecule has 0 saturated carbocycles. The lowest BCUT2D eigenvalue weighted by Gasteiger charge is -2.39. The molecule has 0 spiro atoms. The SMILES string of the molecule is CNC1CCCN(C2CCCOC2)C1=O. The fraction of sp³-hybridized carbons (Fsp3) is 0.909. The lowest BCUT2D eigenvalue weighted by atomic mass is 10.0. The van der Waals surface area contributed by atoms with Gasteiger partial charge < -0.3 is 15.0 Å². The second-order valence-corrected chi connectivity index (χ2v) is 4.39. The summed E-state index contributed by atoms with van der Waals surface area (Å²) in [6.07, 6.45) is 4.26. The first-order chi connectivity index (χ1) is 7.33. The van der Waals surface area contributed by atoms with E-state index < -0.39 is 0 Å². The van der Waals surface area contributed by atoms with Crippen LogP contribution in [0.5, 0.6) is 0 Å². The second-order valence-electron chi connectivity index (χ2n) is 4.39. The summed E-state index contributed by atoms with van der Waals surface area (Å²) in [6, 6.07) is 0.350. The molecule has 2 aliphatic heterocycles. The summed E-state index contributed by atoms with van der Waals surface area (Å²) >= 11 is 0. The zero-order valence-corrected chi connectivity index (χ0v) is 9.37. The molecule has 2 saturated heterocycles. The molecule has 1 amide bonds. The third-order valence-electron chi connectivity index (χ3n) is 3.40. The number of likely N-dealkylation sites (N-methyl/N-ethyl adjacent to an activating group) is 1. The van der Waals surface area contributed by atoms with Crippen LogP contribution in [0.25, 0.3) is 0 Å². The van der Waals surface area contributed by atoms with Gasteiger partial charge in [0.15, 0.2) is 0 Å². The minimum atomic E-state index is 0.0284.